The Morgan fingerprint density at radius 2 is 1.88 bits per heavy atom. The van der Waals surface area contributed by atoms with Crippen LogP contribution in [0.15, 0.2) is 29.3 Å². The van der Waals surface area contributed by atoms with Crippen LogP contribution in [0.25, 0.3) is 0 Å². The highest BCUT2D eigenvalue weighted by Gasteiger charge is 2.15. The van der Waals surface area contributed by atoms with Gasteiger partial charge in [-0.15, -0.1) is 24.0 Å². The first-order valence-electron chi connectivity index (χ1n) is 9.02. The molecule has 1 heterocycles. The van der Waals surface area contributed by atoms with E-state index in [1.165, 1.54) is 5.56 Å². The van der Waals surface area contributed by atoms with Crippen LogP contribution in [-0.2, 0) is 0 Å². The van der Waals surface area contributed by atoms with Crippen molar-refractivity contribution in [3.05, 3.63) is 29.8 Å². The lowest BCUT2D eigenvalue weighted by Gasteiger charge is -2.33. The summed E-state index contributed by atoms with van der Waals surface area (Å²) in [5.41, 5.74) is 8.36. The molecule has 1 aliphatic rings. The van der Waals surface area contributed by atoms with E-state index in [4.69, 9.17) is 5.73 Å². The highest BCUT2D eigenvalue weighted by molar-refractivity contribution is 14.0. The number of benzene rings is 1. The van der Waals surface area contributed by atoms with Gasteiger partial charge in [-0.2, -0.15) is 0 Å². The molecule has 0 radical (unpaired) electrons. The third kappa shape index (κ3) is 7.92. The van der Waals surface area contributed by atoms with Gasteiger partial charge >= 0.3 is 0 Å². The van der Waals surface area contributed by atoms with Gasteiger partial charge in [0.25, 0.3) is 0 Å². The Balaban J connectivity index is 0.00000312. The number of nitrogens with one attached hydrogen (secondary N) is 1. The number of aliphatic imine (C=N–C) groups is 1. The standard InChI is InChI=1S/C19H33N5.HI/c1-15(2)17-6-5-7-18(12-17)22-19(20)21-13-16(3)14-24-10-8-23(4)9-11-24;/h5-7,12,15-16H,8-11,13-14H2,1-4H3,(H3,20,21,22);1H. The van der Waals surface area contributed by atoms with Gasteiger partial charge in [0, 0.05) is 45.0 Å². The van der Waals surface area contributed by atoms with Crippen molar-refractivity contribution >= 4 is 35.6 Å². The first kappa shape index (κ1) is 22.2. The van der Waals surface area contributed by atoms with Crippen LogP contribution in [-0.4, -0.2) is 62.1 Å². The molecule has 3 N–H and O–H groups in total. The minimum absolute atomic E-state index is 0. The van der Waals surface area contributed by atoms with E-state index in [1.54, 1.807) is 0 Å². The molecule has 0 bridgehead atoms. The molecule has 6 heteroatoms. The van der Waals surface area contributed by atoms with E-state index < -0.39 is 0 Å². The normalized spacial score (nSPS) is 18.0. The molecule has 1 aliphatic heterocycles. The van der Waals surface area contributed by atoms with Crippen molar-refractivity contribution in [1.82, 2.24) is 9.80 Å². The molecule has 0 aromatic heterocycles. The van der Waals surface area contributed by atoms with Gasteiger partial charge in [0.15, 0.2) is 5.96 Å². The van der Waals surface area contributed by atoms with Crippen LogP contribution in [0, 0.1) is 5.92 Å². The smallest absolute Gasteiger partial charge is 0.193 e. The number of piperazine rings is 1. The number of anilines is 1. The van der Waals surface area contributed by atoms with Crippen LogP contribution in [0.3, 0.4) is 0 Å². The Morgan fingerprint density at radius 1 is 1.20 bits per heavy atom. The lowest BCUT2D eigenvalue weighted by atomic mass is 10.0. The summed E-state index contributed by atoms with van der Waals surface area (Å²) in [5.74, 6) is 1.52. The van der Waals surface area contributed by atoms with Gasteiger partial charge in [0.1, 0.15) is 0 Å². The van der Waals surface area contributed by atoms with E-state index in [1.807, 2.05) is 6.07 Å². The summed E-state index contributed by atoms with van der Waals surface area (Å²) in [6.45, 7) is 13.1. The van der Waals surface area contributed by atoms with Crippen LogP contribution in [0.2, 0.25) is 0 Å². The van der Waals surface area contributed by atoms with Crippen molar-refractivity contribution < 1.29 is 0 Å². The molecule has 1 saturated heterocycles. The van der Waals surface area contributed by atoms with Gasteiger partial charge in [-0.25, -0.2) is 0 Å². The van der Waals surface area contributed by atoms with Crippen LogP contribution >= 0.6 is 24.0 Å². The van der Waals surface area contributed by atoms with Crippen LogP contribution in [0.1, 0.15) is 32.3 Å². The fourth-order valence-electron chi connectivity index (χ4n) is 2.95. The molecular weight excluding hydrogens is 425 g/mol. The molecule has 0 saturated carbocycles. The highest BCUT2D eigenvalue weighted by atomic mass is 127. The Hall–Kier alpha value is -0.860. The van der Waals surface area contributed by atoms with E-state index in [2.05, 4.69) is 66.1 Å². The monoisotopic (exact) mass is 459 g/mol. The third-order valence-electron chi connectivity index (χ3n) is 4.56. The number of nitrogens with two attached hydrogens (primary N) is 1. The predicted molar refractivity (Wildman–Crippen MR) is 119 cm³/mol. The van der Waals surface area contributed by atoms with Gasteiger partial charge in [-0.05, 0) is 36.6 Å². The summed E-state index contributed by atoms with van der Waals surface area (Å²) < 4.78 is 0. The molecule has 0 aliphatic carbocycles. The zero-order chi connectivity index (χ0) is 17.5. The molecule has 2 rings (SSSR count). The summed E-state index contributed by atoms with van der Waals surface area (Å²) >= 11 is 0. The summed E-state index contributed by atoms with van der Waals surface area (Å²) in [5, 5.41) is 3.21. The molecule has 1 aromatic rings. The molecular formula is C19H34IN5. The van der Waals surface area contributed by atoms with Gasteiger partial charge in [0.05, 0.1) is 0 Å². The fraction of sp³-hybridized carbons (Fsp3) is 0.632. The SMILES string of the molecule is CC(CN=C(N)Nc1cccc(C(C)C)c1)CN1CCN(C)CC1.I. The maximum atomic E-state index is 6.05. The number of guanidine groups is 1. The minimum atomic E-state index is 0. The van der Waals surface area contributed by atoms with Gasteiger partial charge in [0.2, 0.25) is 0 Å². The first-order valence-corrected chi connectivity index (χ1v) is 9.02. The summed E-state index contributed by atoms with van der Waals surface area (Å²) in [6, 6.07) is 8.37. The number of rotatable bonds is 6. The third-order valence-corrected chi connectivity index (χ3v) is 4.56. The predicted octanol–water partition coefficient (Wildman–Crippen LogP) is 3.04. The zero-order valence-corrected chi connectivity index (χ0v) is 18.4. The Morgan fingerprint density at radius 3 is 2.52 bits per heavy atom. The average molecular weight is 459 g/mol. The fourth-order valence-corrected chi connectivity index (χ4v) is 2.95. The molecule has 1 atom stereocenters. The Bertz CT molecular complexity index is 538. The number of nitrogens with zero attached hydrogens (tertiary/aromatic N) is 3. The number of hydrogen-bond acceptors (Lipinski definition) is 3. The summed E-state index contributed by atoms with van der Waals surface area (Å²) in [4.78, 5) is 9.43. The highest BCUT2D eigenvalue weighted by Crippen LogP contribution is 2.18. The van der Waals surface area contributed by atoms with E-state index in [0.29, 0.717) is 17.8 Å². The van der Waals surface area contributed by atoms with Crippen LogP contribution in [0.5, 0.6) is 0 Å². The topological polar surface area (TPSA) is 56.9 Å². The molecule has 142 valence electrons. The molecule has 5 nitrogen and oxygen atoms in total. The van der Waals surface area contributed by atoms with Crippen molar-refractivity contribution in [2.75, 3.05) is 51.6 Å². The van der Waals surface area contributed by atoms with E-state index >= 15 is 0 Å². The Labute approximate surface area is 170 Å². The van der Waals surface area contributed by atoms with Crippen LogP contribution in [0.4, 0.5) is 5.69 Å². The van der Waals surface area contributed by atoms with Crippen molar-refractivity contribution in [2.24, 2.45) is 16.6 Å². The maximum absolute atomic E-state index is 6.05. The summed E-state index contributed by atoms with van der Waals surface area (Å²) in [6.07, 6.45) is 0. The number of hydrogen-bond donors (Lipinski definition) is 2. The van der Waals surface area contributed by atoms with Gasteiger partial charge in [-0.3, -0.25) is 4.99 Å². The molecule has 0 amide bonds. The second-order valence-electron chi connectivity index (χ2n) is 7.34. The summed E-state index contributed by atoms with van der Waals surface area (Å²) in [7, 11) is 2.19. The van der Waals surface area contributed by atoms with Crippen molar-refractivity contribution in [2.45, 2.75) is 26.7 Å². The molecule has 1 aromatic carbocycles. The lowest BCUT2D eigenvalue weighted by molar-refractivity contribution is 0.140. The van der Waals surface area contributed by atoms with Gasteiger partial charge in [-0.1, -0.05) is 32.9 Å². The number of likely N-dealkylation sites (N-methyl/N-ethyl adjacent to an activating group) is 1. The van der Waals surface area contributed by atoms with Crippen molar-refractivity contribution in [3.8, 4) is 0 Å². The zero-order valence-electron chi connectivity index (χ0n) is 16.0. The lowest BCUT2D eigenvalue weighted by Crippen LogP contribution is -2.46. The van der Waals surface area contributed by atoms with Gasteiger partial charge < -0.3 is 20.9 Å². The first-order chi connectivity index (χ1) is 11.4. The van der Waals surface area contributed by atoms with E-state index in [9.17, 15) is 0 Å². The largest absolute Gasteiger partial charge is 0.370 e. The average Bonchev–Trinajstić information content (AvgIpc) is 2.55. The molecule has 1 fully saturated rings. The Kier molecular flexibility index (Phi) is 9.74. The second kappa shape index (κ2) is 11.0. The molecule has 0 spiro atoms. The molecule has 25 heavy (non-hydrogen) atoms. The van der Waals surface area contributed by atoms with Crippen molar-refractivity contribution in [1.29, 1.82) is 0 Å². The van der Waals surface area contributed by atoms with E-state index in [0.717, 1.165) is 45.0 Å². The maximum Gasteiger partial charge on any atom is 0.193 e. The minimum Gasteiger partial charge on any atom is -0.370 e. The van der Waals surface area contributed by atoms with E-state index in [-0.39, 0.29) is 24.0 Å². The van der Waals surface area contributed by atoms with Crippen molar-refractivity contribution in [3.63, 3.8) is 0 Å². The van der Waals surface area contributed by atoms with Crippen LogP contribution < -0.4 is 11.1 Å². The molecule has 1 unspecified atom stereocenters. The second-order valence-corrected chi connectivity index (χ2v) is 7.34. The number of halogens is 1. The quantitative estimate of drug-likeness (QED) is 0.390.